The van der Waals surface area contributed by atoms with Gasteiger partial charge in [-0.25, -0.2) is 4.68 Å². The second-order valence-corrected chi connectivity index (χ2v) is 11.0. The summed E-state index contributed by atoms with van der Waals surface area (Å²) in [4.78, 5) is 0. The van der Waals surface area contributed by atoms with E-state index >= 15 is 0 Å². The van der Waals surface area contributed by atoms with Crippen molar-refractivity contribution in [2.24, 2.45) is 0 Å². The van der Waals surface area contributed by atoms with Crippen molar-refractivity contribution in [3.8, 4) is 0 Å². The van der Waals surface area contributed by atoms with E-state index in [4.69, 9.17) is 4.43 Å². The maximum Gasteiger partial charge on any atom is 0.192 e. The molecule has 0 aliphatic heterocycles. The van der Waals surface area contributed by atoms with Gasteiger partial charge >= 0.3 is 0 Å². The summed E-state index contributed by atoms with van der Waals surface area (Å²) >= 11 is 3.27. The molecule has 0 saturated carbocycles. The van der Waals surface area contributed by atoms with Gasteiger partial charge in [-0.15, -0.1) is 5.10 Å². The van der Waals surface area contributed by atoms with Crippen molar-refractivity contribution < 1.29 is 4.43 Å². The molecule has 1 rings (SSSR count). The topological polar surface area (TPSA) is 39.9 Å². The van der Waals surface area contributed by atoms with E-state index in [1.54, 1.807) is 4.68 Å². The molecule has 16 heavy (non-hydrogen) atoms. The van der Waals surface area contributed by atoms with Crippen LogP contribution in [0.15, 0.2) is 10.8 Å². The van der Waals surface area contributed by atoms with Crippen molar-refractivity contribution in [3.05, 3.63) is 10.8 Å². The smallest absolute Gasteiger partial charge is 0.192 e. The molecular formula is C10H20BrN3OSi. The predicted molar refractivity (Wildman–Crippen MR) is 70.9 cm³/mol. The Morgan fingerprint density at radius 3 is 2.50 bits per heavy atom. The quantitative estimate of drug-likeness (QED) is 0.803. The maximum absolute atomic E-state index is 6.04. The average molecular weight is 306 g/mol. The zero-order valence-corrected chi connectivity index (χ0v) is 13.2. The minimum Gasteiger partial charge on any atom is -0.415 e. The van der Waals surface area contributed by atoms with Crippen molar-refractivity contribution >= 4 is 24.2 Å². The van der Waals surface area contributed by atoms with Gasteiger partial charge in [-0.1, -0.05) is 26.0 Å². The molecule has 92 valence electrons. The molecule has 0 aromatic carbocycles. The van der Waals surface area contributed by atoms with E-state index < -0.39 is 8.32 Å². The molecule has 0 aliphatic rings. The third kappa shape index (κ3) is 3.67. The monoisotopic (exact) mass is 305 g/mol. The fourth-order valence-electron chi connectivity index (χ4n) is 0.995. The van der Waals surface area contributed by atoms with Crippen molar-refractivity contribution in [2.45, 2.75) is 45.4 Å². The normalized spacial score (nSPS) is 13.1. The van der Waals surface area contributed by atoms with E-state index in [0.29, 0.717) is 6.61 Å². The van der Waals surface area contributed by atoms with Crippen LogP contribution in [0.1, 0.15) is 20.8 Å². The number of aromatic nitrogens is 3. The van der Waals surface area contributed by atoms with Crippen LogP contribution in [0.4, 0.5) is 0 Å². The molecule has 1 heterocycles. The highest BCUT2D eigenvalue weighted by atomic mass is 79.9. The lowest BCUT2D eigenvalue weighted by molar-refractivity contribution is 0.264. The summed E-state index contributed by atoms with van der Waals surface area (Å²) < 4.78 is 8.59. The van der Waals surface area contributed by atoms with E-state index in [-0.39, 0.29) is 5.04 Å². The summed E-state index contributed by atoms with van der Waals surface area (Å²) in [6, 6.07) is 0. The average Bonchev–Trinajstić information content (AvgIpc) is 2.49. The highest BCUT2D eigenvalue weighted by molar-refractivity contribution is 9.10. The van der Waals surface area contributed by atoms with Crippen LogP contribution in [0.5, 0.6) is 0 Å². The van der Waals surface area contributed by atoms with Gasteiger partial charge in [0.25, 0.3) is 0 Å². The Labute approximate surface area is 107 Å². The first-order valence-electron chi connectivity index (χ1n) is 5.42. The first kappa shape index (κ1) is 13.9. The Balaban J connectivity index is 2.41. The number of hydrogen-bond acceptors (Lipinski definition) is 3. The summed E-state index contributed by atoms with van der Waals surface area (Å²) in [5.41, 5.74) is 0. The van der Waals surface area contributed by atoms with Gasteiger partial charge in [0.1, 0.15) is 4.60 Å². The Morgan fingerprint density at radius 1 is 1.44 bits per heavy atom. The largest absolute Gasteiger partial charge is 0.415 e. The first-order chi connectivity index (χ1) is 7.22. The van der Waals surface area contributed by atoms with Gasteiger partial charge in [-0.05, 0) is 34.1 Å². The molecule has 0 amide bonds. The lowest BCUT2D eigenvalue weighted by Gasteiger charge is -2.36. The van der Waals surface area contributed by atoms with E-state index in [1.165, 1.54) is 0 Å². The summed E-state index contributed by atoms with van der Waals surface area (Å²) in [5, 5.41) is 8.08. The number of rotatable bonds is 4. The van der Waals surface area contributed by atoms with Crippen LogP contribution >= 0.6 is 15.9 Å². The molecule has 0 saturated heterocycles. The second-order valence-electron chi connectivity index (χ2n) is 5.41. The lowest BCUT2D eigenvalue weighted by atomic mass is 10.2. The zero-order valence-electron chi connectivity index (χ0n) is 10.6. The predicted octanol–water partition coefficient (Wildman–Crippen LogP) is 3.06. The SMILES string of the molecule is CC(C)(C)[Si](C)(C)OCCn1cc(Br)nn1. The maximum atomic E-state index is 6.04. The van der Waals surface area contributed by atoms with Crippen molar-refractivity contribution in [1.29, 1.82) is 0 Å². The second kappa shape index (κ2) is 4.97. The molecule has 4 nitrogen and oxygen atoms in total. The van der Waals surface area contributed by atoms with E-state index in [2.05, 4.69) is 60.1 Å². The van der Waals surface area contributed by atoms with Crippen LogP contribution in [0.2, 0.25) is 18.1 Å². The van der Waals surface area contributed by atoms with Gasteiger partial charge in [0.05, 0.1) is 19.3 Å². The molecule has 0 spiro atoms. The number of hydrogen-bond donors (Lipinski definition) is 0. The van der Waals surface area contributed by atoms with Gasteiger partial charge in [-0.3, -0.25) is 0 Å². The van der Waals surface area contributed by atoms with Crippen LogP contribution in [-0.2, 0) is 11.0 Å². The van der Waals surface area contributed by atoms with Gasteiger partial charge in [-0.2, -0.15) is 0 Å². The fourth-order valence-corrected chi connectivity index (χ4v) is 2.34. The van der Waals surface area contributed by atoms with Gasteiger partial charge in [0.15, 0.2) is 8.32 Å². The molecule has 0 N–H and O–H groups in total. The minimum atomic E-state index is -1.63. The van der Waals surface area contributed by atoms with Crippen LogP contribution in [-0.4, -0.2) is 29.9 Å². The van der Waals surface area contributed by atoms with E-state index in [1.807, 2.05) is 6.20 Å². The zero-order chi connectivity index (χ0) is 12.4. The van der Waals surface area contributed by atoms with Crippen LogP contribution in [0.3, 0.4) is 0 Å². The summed E-state index contributed by atoms with van der Waals surface area (Å²) in [6.07, 6.45) is 1.86. The Kier molecular flexibility index (Phi) is 4.31. The van der Waals surface area contributed by atoms with Crippen molar-refractivity contribution in [2.75, 3.05) is 6.61 Å². The Bertz CT molecular complexity index is 346. The molecule has 6 heteroatoms. The van der Waals surface area contributed by atoms with Gasteiger partial charge in [0, 0.05) is 0 Å². The molecule has 0 fully saturated rings. The molecule has 0 atom stereocenters. The molecule has 0 aliphatic carbocycles. The first-order valence-corrected chi connectivity index (χ1v) is 9.12. The van der Waals surface area contributed by atoms with E-state index in [9.17, 15) is 0 Å². The summed E-state index contributed by atoms with van der Waals surface area (Å²) in [5.74, 6) is 0. The molecule has 1 aromatic heterocycles. The van der Waals surface area contributed by atoms with Crippen LogP contribution < -0.4 is 0 Å². The van der Waals surface area contributed by atoms with Crippen LogP contribution in [0.25, 0.3) is 0 Å². The minimum absolute atomic E-state index is 0.260. The van der Waals surface area contributed by atoms with Gasteiger partial charge in [0.2, 0.25) is 0 Å². The van der Waals surface area contributed by atoms with Crippen molar-refractivity contribution in [3.63, 3.8) is 0 Å². The third-order valence-electron chi connectivity index (χ3n) is 3.10. The van der Waals surface area contributed by atoms with Gasteiger partial charge < -0.3 is 4.43 Å². The molecule has 0 bridgehead atoms. The Hall–Kier alpha value is -0.203. The highest BCUT2D eigenvalue weighted by Gasteiger charge is 2.36. The fraction of sp³-hybridized carbons (Fsp3) is 0.800. The third-order valence-corrected chi connectivity index (χ3v) is 8.00. The Morgan fingerprint density at radius 2 is 2.06 bits per heavy atom. The molecular weight excluding hydrogens is 286 g/mol. The number of nitrogens with zero attached hydrogens (tertiary/aromatic N) is 3. The molecule has 0 radical (unpaired) electrons. The van der Waals surface area contributed by atoms with E-state index in [0.717, 1.165) is 11.1 Å². The molecule has 0 unspecified atom stereocenters. The van der Waals surface area contributed by atoms with Crippen molar-refractivity contribution in [1.82, 2.24) is 15.0 Å². The lowest BCUT2D eigenvalue weighted by Crippen LogP contribution is -2.41. The molecule has 1 aromatic rings. The highest BCUT2D eigenvalue weighted by Crippen LogP contribution is 2.36. The summed E-state index contributed by atoms with van der Waals surface area (Å²) in [7, 11) is -1.63. The summed E-state index contributed by atoms with van der Waals surface area (Å²) in [6.45, 7) is 12.7. The van der Waals surface area contributed by atoms with Crippen LogP contribution in [0, 0.1) is 0 Å². The standard InChI is InChI=1S/C10H20BrN3OSi/c1-10(2,3)16(4,5)15-7-6-14-8-9(11)12-13-14/h8H,6-7H2,1-5H3. The number of halogens is 1.